The normalized spacial score (nSPS) is 22.2. The van der Waals surface area contributed by atoms with E-state index in [1.807, 2.05) is 23.9 Å². The van der Waals surface area contributed by atoms with Gasteiger partial charge in [0, 0.05) is 33.3 Å². The Balaban J connectivity index is 1.54. The van der Waals surface area contributed by atoms with Crippen LogP contribution in [0.25, 0.3) is 0 Å². The maximum atomic E-state index is 12.9. The largest absolute Gasteiger partial charge is 0.380 e. The number of fused-ring (bicyclic) bond motifs is 1. The second-order valence-corrected chi connectivity index (χ2v) is 6.68. The summed E-state index contributed by atoms with van der Waals surface area (Å²) in [4.78, 5) is 19.0. The Morgan fingerprint density at radius 3 is 2.96 bits per heavy atom. The summed E-state index contributed by atoms with van der Waals surface area (Å²) >= 11 is 0. The van der Waals surface area contributed by atoms with E-state index in [1.54, 1.807) is 18.3 Å². The molecule has 25 heavy (non-hydrogen) atoms. The van der Waals surface area contributed by atoms with Crippen molar-refractivity contribution in [2.24, 2.45) is 7.05 Å². The van der Waals surface area contributed by atoms with Crippen LogP contribution in [0.2, 0.25) is 0 Å². The van der Waals surface area contributed by atoms with Gasteiger partial charge in [0.2, 0.25) is 0 Å². The van der Waals surface area contributed by atoms with E-state index < -0.39 is 0 Å². The smallest absolute Gasteiger partial charge is 0.323 e. The van der Waals surface area contributed by atoms with Crippen molar-refractivity contribution in [3.05, 3.63) is 35.5 Å². The number of amides is 2. The number of anilines is 1. The van der Waals surface area contributed by atoms with Crippen molar-refractivity contribution in [2.45, 2.75) is 37.8 Å². The highest BCUT2D eigenvalue weighted by atomic mass is 16.5. The van der Waals surface area contributed by atoms with Gasteiger partial charge in [-0.15, -0.1) is 10.2 Å². The van der Waals surface area contributed by atoms with Gasteiger partial charge in [-0.2, -0.15) is 0 Å². The van der Waals surface area contributed by atoms with Crippen molar-refractivity contribution < 1.29 is 9.53 Å². The summed E-state index contributed by atoms with van der Waals surface area (Å²) < 4.78 is 7.32. The first-order valence-corrected chi connectivity index (χ1v) is 8.58. The van der Waals surface area contributed by atoms with Crippen molar-refractivity contribution in [2.75, 3.05) is 19.0 Å². The Morgan fingerprint density at radius 1 is 1.36 bits per heavy atom. The summed E-state index contributed by atoms with van der Waals surface area (Å²) in [6.45, 7) is 0.519. The quantitative estimate of drug-likeness (QED) is 0.917. The number of rotatable bonds is 3. The molecular formula is C17H22N6O2. The van der Waals surface area contributed by atoms with Crippen molar-refractivity contribution in [1.82, 2.24) is 24.6 Å². The Kier molecular flexibility index (Phi) is 4.12. The summed E-state index contributed by atoms with van der Waals surface area (Å²) in [5, 5.41) is 11.0. The molecule has 2 atom stereocenters. The van der Waals surface area contributed by atoms with Gasteiger partial charge in [-0.25, -0.2) is 9.78 Å². The molecule has 1 N–H and O–H groups in total. The van der Waals surface area contributed by atoms with Gasteiger partial charge < -0.3 is 14.2 Å². The highest BCUT2D eigenvalue weighted by Crippen LogP contribution is 2.32. The standard InChI is InChI=1S/C17H22N6O2/c1-22-10-19-21-16(22)14-7-13(25-2)9-23(14)17(24)20-15-6-11-4-3-5-12(11)8-18-15/h6,8,10,13-14H,3-5,7,9H2,1-2H3,(H,18,20,24)/t13-,14+/m1/s1. The molecular weight excluding hydrogens is 320 g/mol. The van der Waals surface area contributed by atoms with E-state index in [0.717, 1.165) is 25.1 Å². The molecule has 0 radical (unpaired) electrons. The lowest BCUT2D eigenvalue weighted by Gasteiger charge is -2.23. The van der Waals surface area contributed by atoms with Crippen LogP contribution in [0.15, 0.2) is 18.6 Å². The number of methoxy groups -OCH3 is 1. The number of carbonyl (C=O) groups excluding carboxylic acids is 1. The van der Waals surface area contributed by atoms with Gasteiger partial charge >= 0.3 is 6.03 Å². The molecule has 1 aliphatic heterocycles. The maximum absolute atomic E-state index is 12.9. The van der Waals surface area contributed by atoms with Crippen LogP contribution < -0.4 is 5.32 Å². The molecule has 2 aromatic heterocycles. The number of pyridine rings is 1. The summed E-state index contributed by atoms with van der Waals surface area (Å²) in [5.41, 5.74) is 2.57. The van der Waals surface area contributed by atoms with Crippen molar-refractivity contribution in [1.29, 1.82) is 0 Å². The highest BCUT2D eigenvalue weighted by Gasteiger charge is 2.39. The molecule has 2 amide bonds. The van der Waals surface area contributed by atoms with Crippen LogP contribution in [0, 0.1) is 0 Å². The van der Waals surface area contributed by atoms with Crippen molar-refractivity contribution in [3.8, 4) is 0 Å². The molecule has 1 aliphatic carbocycles. The lowest BCUT2D eigenvalue weighted by molar-refractivity contribution is 0.111. The minimum absolute atomic E-state index is 0.0135. The Labute approximate surface area is 146 Å². The van der Waals surface area contributed by atoms with E-state index in [1.165, 1.54) is 11.1 Å². The molecule has 1 saturated heterocycles. The number of urea groups is 1. The molecule has 132 valence electrons. The van der Waals surface area contributed by atoms with Gasteiger partial charge in [0.25, 0.3) is 0 Å². The van der Waals surface area contributed by atoms with Crippen LogP contribution >= 0.6 is 0 Å². The first-order chi connectivity index (χ1) is 12.2. The Hall–Kier alpha value is -2.48. The molecule has 0 unspecified atom stereocenters. The van der Waals surface area contributed by atoms with Gasteiger partial charge in [-0.3, -0.25) is 5.32 Å². The number of hydrogen-bond acceptors (Lipinski definition) is 5. The SMILES string of the molecule is CO[C@@H]1C[C@@H](c2nncn2C)N(C(=O)Nc2cc3c(cn2)CCC3)C1. The van der Waals surface area contributed by atoms with E-state index in [9.17, 15) is 4.79 Å². The Bertz CT molecular complexity index is 789. The van der Waals surface area contributed by atoms with Crippen LogP contribution in [-0.4, -0.2) is 50.4 Å². The van der Waals surface area contributed by atoms with Crippen molar-refractivity contribution in [3.63, 3.8) is 0 Å². The first kappa shape index (κ1) is 16.0. The molecule has 0 aromatic carbocycles. The predicted molar refractivity (Wildman–Crippen MR) is 91.1 cm³/mol. The topological polar surface area (TPSA) is 85.2 Å². The fraction of sp³-hybridized carbons (Fsp3) is 0.529. The summed E-state index contributed by atoms with van der Waals surface area (Å²) in [7, 11) is 3.55. The molecule has 0 bridgehead atoms. The third kappa shape index (κ3) is 2.97. The van der Waals surface area contributed by atoms with Crippen LogP contribution in [-0.2, 0) is 24.6 Å². The average Bonchev–Trinajstić information content (AvgIpc) is 3.32. The van der Waals surface area contributed by atoms with Crippen LogP contribution in [0.1, 0.15) is 35.8 Å². The number of nitrogens with zero attached hydrogens (tertiary/aromatic N) is 5. The van der Waals surface area contributed by atoms with E-state index in [-0.39, 0.29) is 18.2 Å². The second-order valence-electron chi connectivity index (χ2n) is 6.68. The molecule has 2 aliphatic rings. The molecule has 2 aromatic rings. The fourth-order valence-corrected chi connectivity index (χ4v) is 3.73. The molecule has 4 rings (SSSR count). The Morgan fingerprint density at radius 2 is 2.20 bits per heavy atom. The van der Waals surface area contributed by atoms with Crippen LogP contribution in [0.4, 0.5) is 10.6 Å². The number of nitrogens with one attached hydrogen (secondary N) is 1. The average molecular weight is 342 g/mol. The molecule has 0 saturated carbocycles. The van der Waals surface area contributed by atoms with E-state index in [0.29, 0.717) is 18.8 Å². The van der Waals surface area contributed by atoms with Crippen LogP contribution in [0.5, 0.6) is 0 Å². The third-order valence-electron chi connectivity index (χ3n) is 5.11. The van der Waals surface area contributed by atoms with Gasteiger partial charge in [-0.05, 0) is 36.5 Å². The maximum Gasteiger partial charge on any atom is 0.323 e. The van der Waals surface area contributed by atoms with Gasteiger partial charge in [0.05, 0.1) is 12.1 Å². The molecule has 0 spiro atoms. The summed E-state index contributed by atoms with van der Waals surface area (Å²) in [6.07, 6.45) is 7.50. The minimum atomic E-state index is -0.182. The molecule has 8 nitrogen and oxygen atoms in total. The monoisotopic (exact) mass is 342 g/mol. The lowest BCUT2D eigenvalue weighted by atomic mass is 10.2. The van der Waals surface area contributed by atoms with E-state index in [2.05, 4.69) is 20.5 Å². The summed E-state index contributed by atoms with van der Waals surface area (Å²) in [6, 6.07) is 1.64. The number of likely N-dealkylation sites (tertiary alicyclic amines) is 1. The zero-order valence-electron chi connectivity index (χ0n) is 14.5. The number of carbonyl (C=O) groups is 1. The zero-order valence-corrected chi connectivity index (χ0v) is 14.5. The van der Waals surface area contributed by atoms with E-state index >= 15 is 0 Å². The highest BCUT2D eigenvalue weighted by molar-refractivity contribution is 5.89. The molecule has 1 fully saturated rings. The van der Waals surface area contributed by atoms with Gasteiger partial charge in [0.15, 0.2) is 5.82 Å². The first-order valence-electron chi connectivity index (χ1n) is 8.58. The molecule has 8 heteroatoms. The van der Waals surface area contributed by atoms with Crippen molar-refractivity contribution >= 4 is 11.8 Å². The van der Waals surface area contributed by atoms with Crippen LogP contribution in [0.3, 0.4) is 0 Å². The van der Waals surface area contributed by atoms with Gasteiger partial charge in [0.1, 0.15) is 12.1 Å². The zero-order chi connectivity index (χ0) is 17.4. The minimum Gasteiger partial charge on any atom is -0.380 e. The number of hydrogen-bond donors (Lipinski definition) is 1. The van der Waals surface area contributed by atoms with E-state index in [4.69, 9.17) is 4.74 Å². The number of aryl methyl sites for hydroxylation is 3. The van der Waals surface area contributed by atoms with Gasteiger partial charge in [-0.1, -0.05) is 0 Å². The fourth-order valence-electron chi connectivity index (χ4n) is 3.73. The molecule has 3 heterocycles. The third-order valence-corrected chi connectivity index (χ3v) is 5.11. The predicted octanol–water partition coefficient (Wildman–Crippen LogP) is 1.69. The second kappa shape index (κ2) is 6.44. The summed E-state index contributed by atoms with van der Waals surface area (Å²) in [5.74, 6) is 1.36. The lowest BCUT2D eigenvalue weighted by Crippen LogP contribution is -2.36. The number of ether oxygens (including phenoxy) is 1. The number of aromatic nitrogens is 4.